The van der Waals surface area contributed by atoms with Crippen LogP contribution in [-0.2, 0) is 14.4 Å². The van der Waals surface area contributed by atoms with Crippen LogP contribution in [0.4, 0.5) is 0 Å². The lowest BCUT2D eigenvalue weighted by atomic mass is 10.2. The Bertz CT molecular complexity index is 252. The van der Waals surface area contributed by atoms with Crippen LogP contribution in [0.2, 0.25) is 0 Å². The summed E-state index contributed by atoms with van der Waals surface area (Å²) in [5.74, 6) is -1.74. The first-order valence-electron chi connectivity index (χ1n) is 4.76. The number of carboxylic acids is 1. The van der Waals surface area contributed by atoms with Gasteiger partial charge in [-0.15, -0.1) is 0 Å². The van der Waals surface area contributed by atoms with Crippen LogP contribution in [0.1, 0.15) is 26.7 Å². The van der Waals surface area contributed by atoms with E-state index in [9.17, 15) is 14.4 Å². The summed E-state index contributed by atoms with van der Waals surface area (Å²) < 4.78 is 0. The van der Waals surface area contributed by atoms with Crippen LogP contribution in [0.5, 0.6) is 0 Å². The van der Waals surface area contributed by atoms with E-state index < -0.39 is 17.9 Å². The van der Waals surface area contributed by atoms with Crippen LogP contribution < -0.4 is 10.6 Å². The van der Waals surface area contributed by atoms with Gasteiger partial charge in [-0.05, 0) is 13.8 Å². The molecule has 2 amide bonds. The lowest BCUT2D eigenvalue weighted by Crippen LogP contribution is -2.38. The molecule has 0 aliphatic rings. The summed E-state index contributed by atoms with van der Waals surface area (Å²) in [4.78, 5) is 32.5. The molecular weight excluding hydrogens is 200 g/mol. The van der Waals surface area contributed by atoms with Gasteiger partial charge in [0.2, 0.25) is 11.8 Å². The highest BCUT2D eigenvalue weighted by molar-refractivity contribution is 5.86. The monoisotopic (exact) mass is 216 g/mol. The molecule has 15 heavy (non-hydrogen) atoms. The third kappa shape index (κ3) is 6.48. The molecule has 0 saturated heterocycles. The molecule has 0 aliphatic carbocycles. The SMILES string of the molecule is CCNC(=O)CCC(=O)N[C@@H](C)C(=O)O. The summed E-state index contributed by atoms with van der Waals surface area (Å²) >= 11 is 0. The van der Waals surface area contributed by atoms with Crippen LogP contribution in [-0.4, -0.2) is 35.5 Å². The van der Waals surface area contributed by atoms with Crippen molar-refractivity contribution >= 4 is 17.8 Å². The largest absolute Gasteiger partial charge is 0.480 e. The summed E-state index contributed by atoms with van der Waals surface area (Å²) in [5, 5.41) is 13.3. The lowest BCUT2D eigenvalue weighted by Gasteiger charge is -2.08. The normalized spacial score (nSPS) is 11.6. The Morgan fingerprint density at radius 2 is 1.73 bits per heavy atom. The Kier molecular flexibility index (Phi) is 6.08. The van der Waals surface area contributed by atoms with Gasteiger partial charge < -0.3 is 15.7 Å². The van der Waals surface area contributed by atoms with Crippen molar-refractivity contribution in [2.24, 2.45) is 0 Å². The number of carbonyl (C=O) groups is 3. The summed E-state index contributed by atoms with van der Waals surface area (Å²) in [5.41, 5.74) is 0. The molecule has 0 fully saturated rings. The second-order valence-electron chi connectivity index (χ2n) is 3.08. The molecule has 0 aromatic heterocycles. The minimum Gasteiger partial charge on any atom is -0.480 e. The number of amides is 2. The minimum atomic E-state index is -1.10. The van der Waals surface area contributed by atoms with Crippen LogP contribution in [0, 0.1) is 0 Å². The first-order chi connectivity index (χ1) is 6.97. The summed E-state index contributed by atoms with van der Waals surface area (Å²) in [6, 6.07) is -0.924. The predicted octanol–water partition coefficient (Wildman–Crippen LogP) is -0.508. The van der Waals surface area contributed by atoms with Gasteiger partial charge in [-0.2, -0.15) is 0 Å². The average molecular weight is 216 g/mol. The Morgan fingerprint density at radius 1 is 1.20 bits per heavy atom. The highest BCUT2D eigenvalue weighted by Gasteiger charge is 2.14. The maximum Gasteiger partial charge on any atom is 0.325 e. The smallest absolute Gasteiger partial charge is 0.325 e. The van der Waals surface area contributed by atoms with Gasteiger partial charge in [0, 0.05) is 19.4 Å². The predicted molar refractivity (Wildman–Crippen MR) is 53.2 cm³/mol. The van der Waals surface area contributed by atoms with E-state index in [0.717, 1.165) is 0 Å². The van der Waals surface area contributed by atoms with Gasteiger partial charge in [0.05, 0.1) is 0 Å². The fourth-order valence-electron chi connectivity index (χ4n) is 0.888. The molecule has 6 nitrogen and oxygen atoms in total. The lowest BCUT2D eigenvalue weighted by molar-refractivity contribution is -0.141. The number of hydrogen-bond donors (Lipinski definition) is 3. The molecule has 0 rings (SSSR count). The number of carbonyl (C=O) groups excluding carboxylic acids is 2. The van der Waals surface area contributed by atoms with E-state index in [1.54, 1.807) is 6.92 Å². The number of hydrogen-bond acceptors (Lipinski definition) is 3. The first-order valence-corrected chi connectivity index (χ1v) is 4.76. The molecule has 0 radical (unpaired) electrons. The van der Waals surface area contributed by atoms with E-state index >= 15 is 0 Å². The van der Waals surface area contributed by atoms with Crippen molar-refractivity contribution in [3.8, 4) is 0 Å². The van der Waals surface area contributed by atoms with Gasteiger partial charge >= 0.3 is 5.97 Å². The van der Waals surface area contributed by atoms with Gasteiger partial charge in [0.1, 0.15) is 6.04 Å². The fourth-order valence-corrected chi connectivity index (χ4v) is 0.888. The third-order valence-corrected chi connectivity index (χ3v) is 1.70. The molecule has 0 aromatic rings. The standard InChI is InChI=1S/C9H16N2O4/c1-3-10-7(12)4-5-8(13)11-6(2)9(14)15/h6H,3-5H2,1-2H3,(H,10,12)(H,11,13)(H,14,15)/t6-/m0/s1. The Morgan fingerprint density at radius 3 is 2.20 bits per heavy atom. The summed E-state index contributed by atoms with van der Waals surface area (Å²) in [7, 11) is 0. The topological polar surface area (TPSA) is 95.5 Å². The van der Waals surface area contributed by atoms with Crippen molar-refractivity contribution in [2.45, 2.75) is 32.7 Å². The second kappa shape index (κ2) is 6.80. The van der Waals surface area contributed by atoms with Gasteiger partial charge in [-0.3, -0.25) is 14.4 Å². The highest BCUT2D eigenvalue weighted by atomic mass is 16.4. The maximum atomic E-state index is 11.1. The van der Waals surface area contributed by atoms with Crippen LogP contribution >= 0.6 is 0 Å². The molecule has 0 saturated carbocycles. The Labute approximate surface area is 88.0 Å². The van der Waals surface area contributed by atoms with Crippen molar-refractivity contribution in [3.05, 3.63) is 0 Å². The Hall–Kier alpha value is -1.59. The zero-order valence-electron chi connectivity index (χ0n) is 8.87. The minimum absolute atomic E-state index is 0.00343. The number of nitrogens with one attached hydrogen (secondary N) is 2. The molecule has 86 valence electrons. The van der Waals surface area contributed by atoms with Gasteiger partial charge in [-0.1, -0.05) is 0 Å². The number of carboxylic acid groups (broad SMARTS) is 1. The maximum absolute atomic E-state index is 11.1. The molecule has 0 unspecified atom stereocenters. The number of aliphatic carboxylic acids is 1. The molecule has 6 heteroatoms. The summed E-state index contributed by atoms with van der Waals surface area (Å²) in [6.07, 6.45) is 0.0788. The van der Waals surface area contributed by atoms with Gasteiger partial charge in [0.25, 0.3) is 0 Å². The molecule has 0 heterocycles. The van der Waals surface area contributed by atoms with Crippen LogP contribution in [0.25, 0.3) is 0 Å². The van der Waals surface area contributed by atoms with E-state index in [1.807, 2.05) is 0 Å². The fraction of sp³-hybridized carbons (Fsp3) is 0.667. The first kappa shape index (κ1) is 13.4. The molecule has 0 bridgehead atoms. The summed E-state index contributed by atoms with van der Waals surface area (Å²) in [6.45, 7) is 3.67. The highest BCUT2D eigenvalue weighted by Crippen LogP contribution is 1.91. The molecule has 0 aliphatic heterocycles. The van der Waals surface area contributed by atoms with Crippen molar-refractivity contribution in [2.75, 3.05) is 6.54 Å². The quantitative estimate of drug-likeness (QED) is 0.557. The van der Waals surface area contributed by atoms with Crippen molar-refractivity contribution in [1.29, 1.82) is 0 Å². The van der Waals surface area contributed by atoms with E-state index in [4.69, 9.17) is 5.11 Å². The van der Waals surface area contributed by atoms with Crippen molar-refractivity contribution in [1.82, 2.24) is 10.6 Å². The zero-order chi connectivity index (χ0) is 11.8. The molecular formula is C9H16N2O4. The average Bonchev–Trinajstić information content (AvgIpc) is 2.15. The zero-order valence-corrected chi connectivity index (χ0v) is 8.87. The van der Waals surface area contributed by atoms with Crippen molar-refractivity contribution in [3.63, 3.8) is 0 Å². The molecule has 1 atom stereocenters. The van der Waals surface area contributed by atoms with Crippen LogP contribution in [0.3, 0.4) is 0 Å². The Balaban J connectivity index is 3.75. The molecule has 3 N–H and O–H groups in total. The molecule has 0 spiro atoms. The van der Waals surface area contributed by atoms with Gasteiger partial charge in [-0.25, -0.2) is 0 Å². The second-order valence-corrected chi connectivity index (χ2v) is 3.08. The van der Waals surface area contributed by atoms with Crippen molar-refractivity contribution < 1.29 is 19.5 Å². The van der Waals surface area contributed by atoms with E-state index in [2.05, 4.69) is 10.6 Å². The van der Waals surface area contributed by atoms with E-state index in [1.165, 1.54) is 6.92 Å². The third-order valence-electron chi connectivity index (χ3n) is 1.70. The van der Waals surface area contributed by atoms with Crippen LogP contribution in [0.15, 0.2) is 0 Å². The van der Waals surface area contributed by atoms with E-state index in [-0.39, 0.29) is 18.7 Å². The van der Waals surface area contributed by atoms with Gasteiger partial charge in [0.15, 0.2) is 0 Å². The van der Waals surface area contributed by atoms with E-state index in [0.29, 0.717) is 6.54 Å². The molecule has 0 aromatic carbocycles. The number of rotatable bonds is 6.